The molecule has 0 spiro atoms. The Hall–Kier alpha value is -1.06. The van der Waals surface area contributed by atoms with E-state index in [-0.39, 0.29) is 0 Å². The van der Waals surface area contributed by atoms with Gasteiger partial charge in [-0.25, -0.2) is 0 Å². The van der Waals surface area contributed by atoms with Crippen molar-refractivity contribution in [1.29, 1.82) is 0 Å². The lowest BCUT2D eigenvalue weighted by Crippen LogP contribution is -2.45. The van der Waals surface area contributed by atoms with Crippen molar-refractivity contribution < 1.29 is 4.74 Å². The minimum atomic E-state index is 0.299. The molecule has 3 unspecified atom stereocenters. The lowest BCUT2D eigenvalue weighted by molar-refractivity contribution is 0.0797. The Kier molecular flexibility index (Phi) is 6.07. The molecular weight excluding hydrogens is 260 g/mol. The lowest BCUT2D eigenvalue weighted by atomic mass is 9.91. The molecular formula is C18H30N2O. The van der Waals surface area contributed by atoms with Crippen LogP contribution in [0.1, 0.15) is 51.6 Å². The van der Waals surface area contributed by atoms with Gasteiger partial charge < -0.3 is 10.5 Å². The number of benzene rings is 1. The smallest absolute Gasteiger partial charge is 0.119 e. The van der Waals surface area contributed by atoms with Gasteiger partial charge in [-0.15, -0.1) is 0 Å². The Bertz CT molecular complexity index is 435. The van der Waals surface area contributed by atoms with Crippen molar-refractivity contribution in [2.24, 2.45) is 11.7 Å². The van der Waals surface area contributed by atoms with Gasteiger partial charge in [0.15, 0.2) is 0 Å². The minimum Gasteiger partial charge on any atom is -0.494 e. The second-order valence-corrected chi connectivity index (χ2v) is 6.40. The highest BCUT2D eigenvalue weighted by Crippen LogP contribution is 2.31. The number of hydrogen-bond donors (Lipinski definition) is 1. The second kappa shape index (κ2) is 7.81. The average molecular weight is 290 g/mol. The molecule has 1 aromatic rings. The van der Waals surface area contributed by atoms with Gasteiger partial charge in [-0.05, 0) is 49.8 Å². The molecule has 1 saturated heterocycles. The average Bonchev–Trinajstić information content (AvgIpc) is 2.50. The first-order valence-electron chi connectivity index (χ1n) is 8.34. The van der Waals surface area contributed by atoms with Crippen molar-refractivity contribution >= 4 is 0 Å². The van der Waals surface area contributed by atoms with Crippen LogP contribution in [0.3, 0.4) is 0 Å². The molecule has 1 aliphatic rings. The SMILES string of the molecule is CCCOc1cccc(C(CN)N2CC(C)CCC2C)c1. The van der Waals surface area contributed by atoms with Crippen LogP contribution in [0.25, 0.3) is 0 Å². The molecule has 21 heavy (non-hydrogen) atoms. The van der Waals surface area contributed by atoms with Crippen LogP contribution in [0.15, 0.2) is 24.3 Å². The molecule has 118 valence electrons. The van der Waals surface area contributed by atoms with Crippen molar-refractivity contribution in [3.8, 4) is 5.75 Å². The molecule has 2 N–H and O–H groups in total. The van der Waals surface area contributed by atoms with E-state index in [1.807, 2.05) is 6.07 Å². The van der Waals surface area contributed by atoms with E-state index in [0.29, 0.717) is 18.6 Å². The summed E-state index contributed by atoms with van der Waals surface area (Å²) in [5.74, 6) is 1.72. The van der Waals surface area contributed by atoms with Crippen molar-refractivity contribution in [3.63, 3.8) is 0 Å². The van der Waals surface area contributed by atoms with Crippen LogP contribution in [-0.2, 0) is 0 Å². The molecule has 0 bridgehead atoms. The van der Waals surface area contributed by atoms with Gasteiger partial charge in [0.25, 0.3) is 0 Å². The Balaban J connectivity index is 2.16. The number of nitrogens with zero attached hydrogens (tertiary/aromatic N) is 1. The van der Waals surface area contributed by atoms with Gasteiger partial charge in [-0.1, -0.05) is 26.0 Å². The summed E-state index contributed by atoms with van der Waals surface area (Å²) in [6, 6.07) is 9.38. The van der Waals surface area contributed by atoms with Crippen LogP contribution in [0, 0.1) is 5.92 Å². The van der Waals surface area contributed by atoms with Crippen LogP contribution in [0.2, 0.25) is 0 Å². The Morgan fingerprint density at radius 3 is 2.86 bits per heavy atom. The van der Waals surface area contributed by atoms with Crippen LogP contribution < -0.4 is 10.5 Å². The van der Waals surface area contributed by atoms with E-state index >= 15 is 0 Å². The quantitative estimate of drug-likeness (QED) is 0.870. The predicted octanol–water partition coefficient (Wildman–Crippen LogP) is 3.60. The van der Waals surface area contributed by atoms with Gasteiger partial charge in [0.1, 0.15) is 5.75 Å². The third kappa shape index (κ3) is 4.21. The monoisotopic (exact) mass is 290 g/mol. The summed E-state index contributed by atoms with van der Waals surface area (Å²) in [5, 5.41) is 0. The van der Waals surface area contributed by atoms with Crippen LogP contribution in [-0.4, -0.2) is 30.6 Å². The largest absolute Gasteiger partial charge is 0.494 e. The Morgan fingerprint density at radius 2 is 2.14 bits per heavy atom. The van der Waals surface area contributed by atoms with Crippen molar-refractivity contribution in [3.05, 3.63) is 29.8 Å². The van der Waals surface area contributed by atoms with Gasteiger partial charge in [0.2, 0.25) is 0 Å². The number of rotatable bonds is 6. The zero-order valence-electron chi connectivity index (χ0n) is 13.7. The highest BCUT2D eigenvalue weighted by atomic mass is 16.5. The first-order valence-corrected chi connectivity index (χ1v) is 8.34. The van der Waals surface area contributed by atoms with E-state index < -0.39 is 0 Å². The third-order valence-corrected chi connectivity index (χ3v) is 4.51. The molecule has 0 aliphatic carbocycles. The molecule has 3 atom stereocenters. The van der Waals surface area contributed by atoms with Gasteiger partial charge in [0, 0.05) is 25.2 Å². The fourth-order valence-corrected chi connectivity index (χ4v) is 3.25. The van der Waals surface area contributed by atoms with Crippen molar-refractivity contribution in [1.82, 2.24) is 4.90 Å². The summed E-state index contributed by atoms with van der Waals surface area (Å²) >= 11 is 0. The topological polar surface area (TPSA) is 38.5 Å². The summed E-state index contributed by atoms with van der Waals surface area (Å²) in [7, 11) is 0. The summed E-state index contributed by atoms with van der Waals surface area (Å²) in [6.45, 7) is 9.37. The number of hydrogen-bond acceptors (Lipinski definition) is 3. The van der Waals surface area contributed by atoms with E-state index in [4.69, 9.17) is 10.5 Å². The lowest BCUT2D eigenvalue weighted by Gasteiger charge is -2.42. The Morgan fingerprint density at radius 1 is 1.33 bits per heavy atom. The summed E-state index contributed by atoms with van der Waals surface area (Å²) in [6.07, 6.45) is 3.63. The van der Waals surface area contributed by atoms with Crippen LogP contribution in [0.4, 0.5) is 0 Å². The summed E-state index contributed by atoms with van der Waals surface area (Å²) in [5.41, 5.74) is 7.40. The van der Waals surface area contributed by atoms with Crippen molar-refractivity contribution in [2.45, 2.75) is 52.1 Å². The van der Waals surface area contributed by atoms with Crippen LogP contribution >= 0.6 is 0 Å². The van der Waals surface area contributed by atoms with E-state index in [9.17, 15) is 0 Å². The maximum Gasteiger partial charge on any atom is 0.119 e. The molecule has 1 aliphatic heterocycles. The molecule has 0 saturated carbocycles. The Labute approximate surface area is 129 Å². The van der Waals surface area contributed by atoms with Crippen molar-refractivity contribution in [2.75, 3.05) is 19.7 Å². The molecule has 0 radical (unpaired) electrons. The minimum absolute atomic E-state index is 0.299. The molecule has 1 aromatic carbocycles. The third-order valence-electron chi connectivity index (χ3n) is 4.51. The number of piperidine rings is 1. The zero-order valence-corrected chi connectivity index (χ0v) is 13.7. The molecule has 1 heterocycles. The maximum absolute atomic E-state index is 6.11. The normalized spacial score (nSPS) is 24.8. The second-order valence-electron chi connectivity index (χ2n) is 6.40. The number of likely N-dealkylation sites (tertiary alicyclic amines) is 1. The van der Waals surface area contributed by atoms with E-state index in [1.54, 1.807) is 0 Å². The molecule has 3 heteroatoms. The fraction of sp³-hybridized carbons (Fsp3) is 0.667. The first-order chi connectivity index (χ1) is 10.2. The molecule has 2 rings (SSSR count). The molecule has 1 fully saturated rings. The predicted molar refractivity (Wildman–Crippen MR) is 88.6 cm³/mol. The number of nitrogens with two attached hydrogens (primary N) is 1. The summed E-state index contributed by atoms with van der Waals surface area (Å²) in [4.78, 5) is 2.58. The fourth-order valence-electron chi connectivity index (χ4n) is 3.25. The molecule has 0 amide bonds. The van der Waals surface area contributed by atoms with Gasteiger partial charge in [-0.3, -0.25) is 4.90 Å². The van der Waals surface area contributed by atoms with E-state index in [2.05, 4.69) is 43.9 Å². The van der Waals surface area contributed by atoms with Crippen LogP contribution in [0.5, 0.6) is 5.75 Å². The highest BCUT2D eigenvalue weighted by Gasteiger charge is 2.29. The standard InChI is InChI=1S/C18H30N2O/c1-4-10-21-17-7-5-6-16(11-17)18(12-19)20-13-14(2)8-9-15(20)3/h5-7,11,14-15,18H,4,8-10,12-13,19H2,1-3H3. The van der Waals surface area contributed by atoms with Gasteiger partial charge in [0.05, 0.1) is 6.61 Å². The zero-order chi connectivity index (χ0) is 15.2. The van der Waals surface area contributed by atoms with E-state index in [0.717, 1.165) is 31.2 Å². The van der Waals surface area contributed by atoms with E-state index in [1.165, 1.54) is 18.4 Å². The summed E-state index contributed by atoms with van der Waals surface area (Å²) < 4.78 is 5.77. The van der Waals surface area contributed by atoms with Gasteiger partial charge >= 0.3 is 0 Å². The first kappa shape index (κ1) is 16.3. The molecule has 0 aromatic heterocycles. The number of ether oxygens (including phenoxy) is 1. The maximum atomic E-state index is 6.11. The molecule has 3 nitrogen and oxygen atoms in total. The van der Waals surface area contributed by atoms with Gasteiger partial charge in [-0.2, -0.15) is 0 Å². The highest BCUT2D eigenvalue weighted by molar-refractivity contribution is 5.31.